The largest absolute Gasteiger partial charge is 0.451 e. The van der Waals surface area contributed by atoms with Crippen LogP contribution in [0.3, 0.4) is 0 Å². The van der Waals surface area contributed by atoms with Crippen LogP contribution in [0.15, 0.2) is 88.1 Å². The number of amides is 1. The van der Waals surface area contributed by atoms with E-state index in [1.54, 1.807) is 42.5 Å². The highest BCUT2D eigenvalue weighted by Crippen LogP contribution is 2.30. The average Bonchev–Trinajstić information content (AvgIpc) is 2.81. The van der Waals surface area contributed by atoms with E-state index in [2.05, 4.69) is 21.2 Å². The van der Waals surface area contributed by atoms with E-state index in [0.29, 0.717) is 22.0 Å². The highest BCUT2D eigenvalue weighted by molar-refractivity contribution is 9.10. The standard InChI is InChI=1S/C25H19BrN2O4/c1-28-23(25(31)32-15-21(29)27-18-13-11-17(26)12-14-18)22(16-7-3-2-4-8-16)19-9-5-6-10-20(19)24(28)30/h2-14H,15H2,1H3,(H,27,29). The van der Waals surface area contributed by atoms with Crippen molar-refractivity contribution < 1.29 is 14.3 Å². The fraction of sp³-hybridized carbons (Fsp3) is 0.0800. The van der Waals surface area contributed by atoms with Gasteiger partial charge in [0.2, 0.25) is 0 Å². The SMILES string of the molecule is Cn1c(C(=O)OCC(=O)Nc2ccc(Br)cc2)c(-c2ccccc2)c2ccccc2c1=O. The van der Waals surface area contributed by atoms with Gasteiger partial charge in [0, 0.05) is 28.2 Å². The minimum absolute atomic E-state index is 0.0938. The molecule has 4 rings (SSSR count). The quantitative estimate of drug-likeness (QED) is 0.409. The Kier molecular flexibility index (Phi) is 6.18. The zero-order valence-corrected chi connectivity index (χ0v) is 18.8. The molecule has 7 heteroatoms. The van der Waals surface area contributed by atoms with Crippen molar-refractivity contribution in [1.29, 1.82) is 0 Å². The van der Waals surface area contributed by atoms with E-state index in [4.69, 9.17) is 4.74 Å². The number of rotatable bonds is 5. The van der Waals surface area contributed by atoms with Gasteiger partial charge in [0.05, 0.1) is 0 Å². The van der Waals surface area contributed by atoms with E-state index < -0.39 is 18.5 Å². The van der Waals surface area contributed by atoms with Crippen molar-refractivity contribution in [3.05, 3.63) is 99.4 Å². The monoisotopic (exact) mass is 490 g/mol. The van der Waals surface area contributed by atoms with Crippen LogP contribution < -0.4 is 10.9 Å². The molecule has 0 atom stereocenters. The summed E-state index contributed by atoms with van der Waals surface area (Å²) in [6.45, 7) is -0.482. The lowest BCUT2D eigenvalue weighted by Gasteiger charge is -2.16. The number of halogens is 1. The van der Waals surface area contributed by atoms with Crippen molar-refractivity contribution in [2.24, 2.45) is 7.05 Å². The van der Waals surface area contributed by atoms with Gasteiger partial charge in [-0.1, -0.05) is 64.5 Å². The Balaban J connectivity index is 1.68. The molecule has 0 spiro atoms. The Hall–Kier alpha value is -3.71. The Bertz CT molecular complexity index is 1360. The van der Waals surface area contributed by atoms with Gasteiger partial charge in [0.1, 0.15) is 5.69 Å². The van der Waals surface area contributed by atoms with E-state index in [1.807, 2.05) is 36.4 Å². The maximum atomic E-state index is 13.1. The molecule has 1 amide bonds. The van der Waals surface area contributed by atoms with Crippen molar-refractivity contribution >= 4 is 44.3 Å². The van der Waals surface area contributed by atoms with Gasteiger partial charge in [0.15, 0.2) is 6.61 Å². The lowest BCUT2D eigenvalue weighted by Crippen LogP contribution is -2.28. The number of hydrogen-bond acceptors (Lipinski definition) is 4. The highest BCUT2D eigenvalue weighted by atomic mass is 79.9. The number of carbonyl (C=O) groups excluding carboxylic acids is 2. The Labute approximate surface area is 192 Å². The van der Waals surface area contributed by atoms with Gasteiger partial charge in [-0.3, -0.25) is 9.59 Å². The third-order valence-corrected chi connectivity index (χ3v) is 5.55. The topological polar surface area (TPSA) is 77.4 Å². The van der Waals surface area contributed by atoms with Gasteiger partial charge in [-0.15, -0.1) is 0 Å². The van der Waals surface area contributed by atoms with Crippen molar-refractivity contribution in [3.63, 3.8) is 0 Å². The molecule has 0 unspecified atom stereocenters. The number of anilines is 1. The molecule has 1 aromatic heterocycles. The summed E-state index contributed by atoms with van der Waals surface area (Å²) < 4.78 is 7.47. The molecule has 0 aliphatic heterocycles. The minimum Gasteiger partial charge on any atom is -0.451 e. The van der Waals surface area contributed by atoms with Gasteiger partial charge in [-0.25, -0.2) is 4.79 Å². The predicted molar refractivity (Wildman–Crippen MR) is 128 cm³/mol. The predicted octanol–water partition coefficient (Wildman–Crippen LogP) is 4.76. The Morgan fingerprint density at radius 1 is 0.906 bits per heavy atom. The number of fused-ring (bicyclic) bond motifs is 1. The minimum atomic E-state index is -0.750. The molecule has 1 heterocycles. The molecule has 6 nitrogen and oxygen atoms in total. The van der Waals surface area contributed by atoms with Crippen molar-refractivity contribution in [2.75, 3.05) is 11.9 Å². The van der Waals surface area contributed by atoms with Crippen LogP contribution in [-0.2, 0) is 16.6 Å². The molecule has 0 aliphatic carbocycles. The summed E-state index contributed by atoms with van der Waals surface area (Å²) in [4.78, 5) is 38.3. The molecule has 0 saturated carbocycles. The normalized spacial score (nSPS) is 10.7. The number of aromatic nitrogens is 1. The van der Waals surface area contributed by atoms with Gasteiger partial charge < -0.3 is 14.6 Å². The van der Waals surface area contributed by atoms with Crippen LogP contribution in [0.5, 0.6) is 0 Å². The average molecular weight is 491 g/mol. The highest BCUT2D eigenvalue weighted by Gasteiger charge is 2.23. The van der Waals surface area contributed by atoms with Crippen molar-refractivity contribution in [1.82, 2.24) is 4.57 Å². The molecule has 0 aliphatic rings. The second-order valence-electron chi connectivity index (χ2n) is 7.13. The number of nitrogens with zero attached hydrogens (tertiary/aromatic N) is 1. The summed E-state index contributed by atoms with van der Waals surface area (Å²) in [5, 5.41) is 3.82. The van der Waals surface area contributed by atoms with E-state index in [1.165, 1.54) is 11.6 Å². The zero-order valence-electron chi connectivity index (χ0n) is 17.2. The number of carbonyl (C=O) groups is 2. The molecule has 0 fully saturated rings. The number of esters is 1. The van der Waals surface area contributed by atoms with E-state index in [0.717, 1.165) is 10.0 Å². The van der Waals surface area contributed by atoms with Crippen LogP contribution in [0.1, 0.15) is 10.5 Å². The first-order valence-electron chi connectivity index (χ1n) is 9.85. The van der Waals surface area contributed by atoms with Crippen LogP contribution >= 0.6 is 15.9 Å². The molecule has 0 radical (unpaired) electrons. The van der Waals surface area contributed by atoms with Gasteiger partial charge in [0.25, 0.3) is 11.5 Å². The molecule has 1 N–H and O–H groups in total. The fourth-order valence-electron chi connectivity index (χ4n) is 3.53. The molecule has 0 bridgehead atoms. The molecule has 160 valence electrons. The second kappa shape index (κ2) is 9.20. The summed E-state index contributed by atoms with van der Waals surface area (Å²) in [5.41, 5.74) is 1.72. The second-order valence-corrected chi connectivity index (χ2v) is 8.05. The number of ether oxygens (including phenoxy) is 1. The maximum Gasteiger partial charge on any atom is 0.356 e. The van der Waals surface area contributed by atoms with Gasteiger partial charge in [-0.05, 0) is 41.3 Å². The first-order chi connectivity index (χ1) is 15.5. The van der Waals surface area contributed by atoms with E-state index >= 15 is 0 Å². The Morgan fingerprint density at radius 2 is 1.53 bits per heavy atom. The van der Waals surface area contributed by atoms with Crippen molar-refractivity contribution in [2.45, 2.75) is 0 Å². The maximum absolute atomic E-state index is 13.1. The summed E-state index contributed by atoms with van der Waals surface area (Å²) in [6.07, 6.45) is 0. The summed E-state index contributed by atoms with van der Waals surface area (Å²) in [7, 11) is 1.53. The smallest absolute Gasteiger partial charge is 0.356 e. The van der Waals surface area contributed by atoms with Crippen LogP contribution in [0.25, 0.3) is 21.9 Å². The third kappa shape index (κ3) is 4.33. The molecule has 0 saturated heterocycles. The zero-order chi connectivity index (χ0) is 22.7. The van der Waals surface area contributed by atoms with E-state index in [-0.39, 0.29) is 11.3 Å². The fourth-order valence-corrected chi connectivity index (χ4v) is 3.80. The molecule has 32 heavy (non-hydrogen) atoms. The van der Waals surface area contributed by atoms with Gasteiger partial charge in [-0.2, -0.15) is 0 Å². The van der Waals surface area contributed by atoms with Gasteiger partial charge >= 0.3 is 5.97 Å². The summed E-state index contributed by atoms with van der Waals surface area (Å²) in [6, 6.07) is 23.5. The first kappa shape index (κ1) is 21.5. The summed E-state index contributed by atoms with van der Waals surface area (Å²) in [5.74, 6) is -1.23. The Morgan fingerprint density at radius 3 is 2.22 bits per heavy atom. The number of nitrogens with one attached hydrogen (secondary N) is 1. The first-order valence-corrected chi connectivity index (χ1v) is 10.6. The number of hydrogen-bond donors (Lipinski definition) is 1. The van der Waals surface area contributed by atoms with Crippen LogP contribution in [-0.4, -0.2) is 23.1 Å². The molecule has 3 aromatic carbocycles. The van der Waals surface area contributed by atoms with Crippen LogP contribution in [0.2, 0.25) is 0 Å². The van der Waals surface area contributed by atoms with Crippen molar-refractivity contribution in [3.8, 4) is 11.1 Å². The van der Waals surface area contributed by atoms with Crippen LogP contribution in [0, 0.1) is 0 Å². The number of pyridine rings is 1. The third-order valence-electron chi connectivity index (χ3n) is 5.02. The lowest BCUT2D eigenvalue weighted by atomic mass is 9.97. The molecular formula is C25H19BrN2O4. The van der Waals surface area contributed by atoms with E-state index in [9.17, 15) is 14.4 Å². The molecular weight excluding hydrogens is 472 g/mol. The lowest BCUT2D eigenvalue weighted by molar-refractivity contribution is -0.119. The molecule has 4 aromatic rings. The van der Waals surface area contributed by atoms with Crippen LogP contribution in [0.4, 0.5) is 5.69 Å². The number of benzene rings is 3. The summed E-state index contributed by atoms with van der Waals surface area (Å²) >= 11 is 3.33.